The molecule has 2 saturated heterocycles. The van der Waals surface area contributed by atoms with Gasteiger partial charge < -0.3 is 65.5 Å². The van der Waals surface area contributed by atoms with E-state index >= 15 is 0 Å². The van der Waals surface area contributed by atoms with Gasteiger partial charge in [-0.1, -0.05) is 140 Å². The Morgan fingerprint density at radius 3 is 1.34 bits per heavy atom. The SMILES string of the molecule is C=CCCN.C=CCCNC(=O)[C@@H]1CCCN(C(=O)[C@H](Cc2cccc(O[Si](C)(C)C(C)(C)C)c2)NC(=O)[C@@H](NC(=O)OC(C)(C)C)C(C)C)N1.CC(C)[C@H](NC(=O)OC(C)(C)C)C(=O)N[C@@H](Cc1cccc(O[Si](C)(C)C(C)(C)C)c1)C(=O)N1CCC[C@@H](C(=O)OCC(Cl)(Cl)Cl)N1.Cl.O=CO[O-].[Na+]. The molecule has 2 fully saturated rings. The van der Waals surface area contributed by atoms with Gasteiger partial charge in [-0.15, -0.1) is 25.6 Å². The first-order chi connectivity index (χ1) is 46.9. The van der Waals surface area contributed by atoms with Gasteiger partial charge in [0.2, 0.25) is 38.1 Å². The third-order valence-corrected chi connectivity index (χ3v) is 25.5. The van der Waals surface area contributed by atoms with E-state index in [2.05, 4.69) is 123 Å². The molecule has 586 valence electrons. The fourth-order valence-corrected chi connectivity index (χ4v) is 11.3. The van der Waals surface area contributed by atoms with E-state index in [1.165, 1.54) is 10.0 Å². The number of hydrazine groups is 2. The molecule has 7 amide bonds. The van der Waals surface area contributed by atoms with Crippen LogP contribution in [0.2, 0.25) is 36.3 Å². The fourth-order valence-electron chi connectivity index (χ4n) is 9.12. The molecule has 2 heterocycles. The van der Waals surface area contributed by atoms with Crippen molar-refractivity contribution in [3.8, 4) is 11.5 Å². The quantitative estimate of drug-likeness (QED) is 0.00501. The van der Waals surface area contributed by atoms with Gasteiger partial charge in [0.25, 0.3) is 18.3 Å². The van der Waals surface area contributed by atoms with Gasteiger partial charge in [0.05, 0.1) is 0 Å². The molecular weight excluding hydrogens is 1470 g/mol. The maximum absolute atomic E-state index is 14.1. The Kier molecular flexibility index (Phi) is 45.5. The van der Waals surface area contributed by atoms with Crippen LogP contribution in [0.5, 0.6) is 11.5 Å². The molecule has 2 aromatic rings. The summed E-state index contributed by atoms with van der Waals surface area (Å²) in [4.78, 5) is 117. The van der Waals surface area contributed by atoms with Crippen molar-refractivity contribution in [3.05, 3.63) is 85.0 Å². The van der Waals surface area contributed by atoms with E-state index in [0.29, 0.717) is 56.7 Å². The Hall–Kier alpha value is -5.22. The van der Waals surface area contributed by atoms with Crippen LogP contribution >= 0.6 is 47.2 Å². The average molecular weight is 1590 g/mol. The molecule has 104 heavy (non-hydrogen) atoms. The number of hydrogen-bond donors (Lipinski definition) is 8. The molecule has 33 heteroatoms. The molecule has 9 N–H and O–H groups in total. The molecule has 2 aromatic carbocycles. The molecule has 26 nitrogen and oxygen atoms in total. The summed E-state index contributed by atoms with van der Waals surface area (Å²) in [7, 11) is -4.28. The fraction of sp³-hybridized carbons (Fsp3) is 0.648. The number of nitrogens with two attached hydrogens (primary N) is 1. The smallest absolute Gasteiger partial charge is 0.662 e. The largest absolute Gasteiger partial charge is 1.00 e. The number of alkyl carbamates (subject to hydrolysis) is 2. The number of hydrogen-bond acceptors (Lipinski definition) is 19. The molecule has 0 saturated carbocycles. The zero-order chi connectivity index (χ0) is 78.4. The van der Waals surface area contributed by atoms with Crippen LogP contribution in [-0.2, 0) is 65.5 Å². The van der Waals surface area contributed by atoms with Crippen LogP contribution in [-0.4, -0.2) is 165 Å². The first-order valence-corrected chi connectivity index (χ1v) is 41.4. The number of nitrogens with zero attached hydrogens (tertiary/aromatic N) is 2. The summed E-state index contributed by atoms with van der Waals surface area (Å²) >= 11 is 17.2. The normalized spacial score (nSPS) is 16.0. The Morgan fingerprint density at radius 1 is 0.644 bits per heavy atom. The van der Waals surface area contributed by atoms with Crippen molar-refractivity contribution in [2.75, 3.05) is 32.8 Å². The summed E-state index contributed by atoms with van der Waals surface area (Å²) in [6.45, 7) is 47.5. The first-order valence-electron chi connectivity index (χ1n) is 34.4. The number of amides is 7. The number of benzene rings is 2. The molecule has 2 aliphatic rings. The molecular formula is C71H119Cl4N10NaO16Si2. The Labute approximate surface area is 663 Å². The van der Waals surface area contributed by atoms with Gasteiger partial charge in [-0.25, -0.2) is 20.4 Å². The number of rotatable bonds is 27. The Morgan fingerprint density at radius 2 is 1.02 bits per heavy atom. The zero-order valence-electron chi connectivity index (χ0n) is 65.1. The van der Waals surface area contributed by atoms with Gasteiger partial charge in [0.15, 0.2) is 0 Å². The van der Waals surface area contributed by atoms with E-state index in [4.69, 9.17) is 73.7 Å². The Bertz CT molecular complexity index is 3050. The topological polar surface area (TPSA) is 349 Å². The maximum atomic E-state index is 14.1. The molecule has 0 bridgehead atoms. The number of alkyl halides is 3. The van der Waals surface area contributed by atoms with Crippen molar-refractivity contribution in [1.29, 1.82) is 0 Å². The van der Waals surface area contributed by atoms with E-state index < -0.39 is 110 Å². The molecule has 2 aliphatic heterocycles. The summed E-state index contributed by atoms with van der Waals surface area (Å²) in [6.07, 6.45) is 5.97. The molecule has 0 aromatic heterocycles. The van der Waals surface area contributed by atoms with E-state index in [-0.39, 0.29) is 102 Å². The summed E-state index contributed by atoms with van der Waals surface area (Å²) in [6, 6.07) is 9.56. The van der Waals surface area contributed by atoms with Gasteiger partial charge in [-0.3, -0.25) is 43.6 Å². The molecule has 6 atom stereocenters. The third kappa shape index (κ3) is 39.1. The van der Waals surface area contributed by atoms with Crippen LogP contribution in [0.3, 0.4) is 0 Å². The van der Waals surface area contributed by atoms with Crippen LogP contribution in [0.1, 0.15) is 160 Å². The standard InChI is InChI=1S/C34H57N5O6Si.C32H51Cl3N4O7Si.C4H9N.CH2O3.ClH.Na/c1-12-13-19-35-29(40)26-18-15-20-39(38-26)31(42)27(36-30(41)28(23(2)3)37-32(43)44-33(4,5)6)22-24-16-14-17-25(21-24)45-46(10,11)34(7,8)9;1-20(2)25(37-29(43)45-30(3,4)5)26(40)36-24(18-21-13-11-14-22(17-21)46-47(9,10)31(6,7)8)27(41)39-16-12-15-23(38-39)28(42)44-19-32(33,34)35;1-2-3-4-5;2-1-4-3;;/h12,14,16-17,21,23,26-28,38H,1,13,15,18-20,22H2,2-11H3,(H,35,40)(H,36,41)(H,37,43);11,13-14,17,20,23-25,38H,12,15-16,18-19H2,1-10H3,(H,36,40)(H,37,43);2H,1,3-5H2;1,3H;1H;/q;;;;;+1/p-1/t26-,27-,28-;23-,24-,25-;;;;/m00..../s1. The minimum absolute atomic E-state index is 0. The third-order valence-electron chi connectivity index (χ3n) is 16.4. The molecule has 4 rings (SSSR count). The van der Waals surface area contributed by atoms with Crippen molar-refractivity contribution in [1.82, 2.24) is 47.5 Å². The van der Waals surface area contributed by atoms with Crippen LogP contribution in [0.25, 0.3) is 0 Å². The van der Waals surface area contributed by atoms with Crippen molar-refractivity contribution in [2.24, 2.45) is 17.6 Å². The van der Waals surface area contributed by atoms with Crippen LogP contribution in [0.15, 0.2) is 73.8 Å². The van der Waals surface area contributed by atoms with Gasteiger partial charge in [0.1, 0.15) is 65.6 Å². The molecule has 0 radical (unpaired) electrons. The predicted molar refractivity (Wildman–Crippen MR) is 409 cm³/mol. The van der Waals surface area contributed by atoms with Crippen molar-refractivity contribution >= 4 is 118 Å². The monoisotopic (exact) mass is 1590 g/mol. The van der Waals surface area contributed by atoms with E-state index in [1.807, 2.05) is 62.4 Å². The van der Waals surface area contributed by atoms with Gasteiger partial charge in [-0.2, -0.15) is 0 Å². The second kappa shape index (κ2) is 46.9. The second-order valence-electron chi connectivity index (χ2n) is 30.6. The van der Waals surface area contributed by atoms with Crippen molar-refractivity contribution < 1.29 is 106 Å². The van der Waals surface area contributed by atoms with Crippen molar-refractivity contribution in [3.63, 3.8) is 0 Å². The zero-order valence-corrected chi connectivity index (χ0v) is 72.2. The van der Waals surface area contributed by atoms with Crippen LogP contribution in [0, 0.1) is 11.8 Å². The predicted octanol–water partition coefficient (Wildman–Crippen LogP) is 7.27. The average Bonchev–Trinajstić information content (AvgIpc) is 0.826. The molecule has 0 unspecified atom stereocenters. The Balaban J connectivity index is 0. The number of esters is 1. The van der Waals surface area contributed by atoms with E-state index in [9.17, 15) is 38.4 Å². The number of carbonyl (C=O) groups excluding carboxylic acids is 9. The number of carbonyl (C=O) groups is 9. The van der Waals surface area contributed by atoms with Crippen LogP contribution < -0.4 is 86.8 Å². The van der Waals surface area contributed by atoms with Gasteiger partial charge in [0, 0.05) is 32.5 Å². The summed E-state index contributed by atoms with van der Waals surface area (Å²) in [5.41, 5.74) is 11.1. The molecule has 0 aliphatic carbocycles. The summed E-state index contributed by atoms with van der Waals surface area (Å²) in [5, 5.41) is 25.1. The van der Waals surface area contributed by atoms with Crippen molar-refractivity contribution in [2.45, 2.75) is 250 Å². The minimum Gasteiger partial charge on any atom is -0.662 e. The summed E-state index contributed by atoms with van der Waals surface area (Å²) < 4.78 is 27.1. The molecule has 0 spiro atoms. The van der Waals surface area contributed by atoms with Gasteiger partial charge >= 0.3 is 47.7 Å². The van der Waals surface area contributed by atoms with Gasteiger partial charge in [-0.05, 0) is 170 Å². The maximum Gasteiger partial charge on any atom is 1.00 e. The number of ether oxygens (including phenoxy) is 3. The van der Waals surface area contributed by atoms with Crippen LogP contribution in [0.4, 0.5) is 9.59 Å². The first kappa shape index (κ1) is 101. The number of nitrogens with one attached hydrogen (secondary N) is 7. The number of halogens is 4. The van der Waals surface area contributed by atoms with E-state index in [1.54, 1.807) is 67.5 Å². The second-order valence-corrected chi connectivity index (χ2v) is 42.5. The summed E-state index contributed by atoms with van der Waals surface area (Å²) in [5.74, 6) is -2.04. The minimum atomic E-state index is -2.16. The van der Waals surface area contributed by atoms with E-state index in [0.717, 1.165) is 24.1 Å².